The van der Waals surface area contributed by atoms with E-state index in [1.54, 1.807) is 6.92 Å². The molecule has 0 saturated carbocycles. The topological polar surface area (TPSA) is 63.2 Å². The molecule has 0 aromatic heterocycles. The highest BCUT2D eigenvalue weighted by atomic mass is 32.2. The Labute approximate surface area is 117 Å². The summed E-state index contributed by atoms with van der Waals surface area (Å²) in [6.07, 6.45) is 0.925. The molecule has 0 unspecified atom stereocenters. The first kappa shape index (κ1) is 16.6. The number of benzene rings is 1. The van der Waals surface area contributed by atoms with Crippen LogP contribution >= 0.6 is 0 Å². The number of sulfone groups is 1. The van der Waals surface area contributed by atoms with E-state index < -0.39 is 27.4 Å². The van der Waals surface area contributed by atoms with Crippen molar-refractivity contribution in [3.63, 3.8) is 0 Å². The number of carbonyl (C=O) groups is 1. The van der Waals surface area contributed by atoms with Crippen molar-refractivity contribution in [2.75, 3.05) is 18.6 Å². The SMILES string of the molecule is C[C@H](CNC(=O)CCS(C)(=O)=O)c1ccc(F)cc1F. The predicted molar refractivity (Wildman–Crippen MR) is 72.1 cm³/mol. The monoisotopic (exact) mass is 305 g/mol. The Hall–Kier alpha value is -1.50. The molecule has 0 aliphatic carbocycles. The lowest BCUT2D eigenvalue weighted by Gasteiger charge is -2.14. The summed E-state index contributed by atoms with van der Waals surface area (Å²) in [5.74, 6) is -2.29. The molecule has 0 heterocycles. The first-order chi connectivity index (χ1) is 9.19. The number of nitrogens with one attached hydrogen (secondary N) is 1. The van der Waals surface area contributed by atoms with Gasteiger partial charge in [0.25, 0.3) is 0 Å². The van der Waals surface area contributed by atoms with Gasteiger partial charge in [-0.05, 0) is 11.6 Å². The first-order valence-electron chi connectivity index (χ1n) is 6.08. The lowest BCUT2D eigenvalue weighted by atomic mass is 10.0. The Bertz CT molecular complexity index is 587. The van der Waals surface area contributed by atoms with Gasteiger partial charge in [-0.1, -0.05) is 13.0 Å². The summed E-state index contributed by atoms with van der Waals surface area (Å²) in [6.45, 7) is 1.85. The maximum absolute atomic E-state index is 13.5. The van der Waals surface area contributed by atoms with Crippen molar-refractivity contribution in [2.45, 2.75) is 19.3 Å². The summed E-state index contributed by atoms with van der Waals surface area (Å²) in [7, 11) is -3.18. The second-order valence-corrected chi connectivity index (χ2v) is 7.01. The fourth-order valence-electron chi connectivity index (χ4n) is 1.64. The van der Waals surface area contributed by atoms with Crippen LogP contribution in [0.25, 0.3) is 0 Å². The van der Waals surface area contributed by atoms with E-state index in [2.05, 4.69) is 5.32 Å². The van der Waals surface area contributed by atoms with Crippen LogP contribution in [0, 0.1) is 11.6 Å². The van der Waals surface area contributed by atoms with Crippen molar-refractivity contribution in [1.82, 2.24) is 5.32 Å². The van der Waals surface area contributed by atoms with Gasteiger partial charge in [-0.3, -0.25) is 4.79 Å². The third-order valence-corrected chi connectivity index (χ3v) is 3.74. The van der Waals surface area contributed by atoms with E-state index in [9.17, 15) is 22.0 Å². The Kier molecular flexibility index (Phi) is 5.62. The van der Waals surface area contributed by atoms with Gasteiger partial charge in [-0.2, -0.15) is 0 Å². The number of carbonyl (C=O) groups excluding carboxylic acids is 1. The Morgan fingerprint density at radius 1 is 1.35 bits per heavy atom. The largest absolute Gasteiger partial charge is 0.355 e. The van der Waals surface area contributed by atoms with E-state index >= 15 is 0 Å². The summed E-state index contributed by atoms with van der Waals surface area (Å²) in [5.41, 5.74) is 0.301. The van der Waals surface area contributed by atoms with E-state index in [4.69, 9.17) is 0 Å². The molecule has 0 saturated heterocycles. The van der Waals surface area contributed by atoms with Gasteiger partial charge in [0.05, 0.1) is 5.75 Å². The molecule has 1 amide bonds. The van der Waals surface area contributed by atoms with Gasteiger partial charge in [-0.15, -0.1) is 0 Å². The lowest BCUT2D eigenvalue weighted by Crippen LogP contribution is -2.29. The molecule has 0 bridgehead atoms. The molecular formula is C13H17F2NO3S. The highest BCUT2D eigenvalue weighted by Gasteiger charge is 2.14. The molecule has 0 aliphatic rings. The van der Waals surface area contributed by atoms with Gasteiger partial charge < -0.3 is 5.32 Å². The van der Waals surface area contributed by atoms with Crippen molar-refractivity contribution in [1.29, 1.82) is 0 Å². The molecular weight excluding hydrogens is 288 g/mol. The Morgan fingerprint density at radius 2 is 2.00 bits per heavy atom. The van der Waals surface area contributed by atoms with Crippen molar-refractivity contribution in [3.8, 4) is 0 Å². The molecule has 1 aromatic rings. The Balaban J connectivity index is 2.51. The first-order valence-corrected chi connectivity index (χ1v) is 8.14. The number of halogens is 2. The molecule has 0 radical (unpaired) electrons. The summed E-state index contributed by atoms with van der Waals surface area (Å²) in [4.78, 5) is 11.4. The maximum atomic E-state index is 13.5. The van der Waals surface area contributed by atoms with Crippen molar-refractivity contribution >= 4 is 15.7 Å². The van der Waals surface area contributed by atoms with Crippen LogP contribution in [0.2, 0.25) is 0 Å². The molecule has 0 spiro atoms. The Morgan fingerprint density at radius 3 is 2.55 bits per heavy atom. The van der Waals surface area contributed by atoms with Crippen molar-refractivity contribution < 1.29 is 22.0 Å². The summed E-state index contributed by atoms with van der Waals surface area (Å²) in [6, 6.07) is 3.27. The number of rotatable bonds is 6. The van der Waals surface area contributed by atoms with Crippen LogP contribution in [0.3, 0.4) is 0 Å². The summed E-state index contributed by atoms with van der Waals surface area (Å²) in [5, 5.41) is 2.53. The molecule has 112 valence electrons. The number of amides is 1. The molecule has 1 N–H and O–H groups in total. The fraction of sp³-hybridized carbons (Fsp3) is 0.462. The van der Waals surface area contributed by atoms with Crippen LogP contribution in [0.1, 0.15) is 24.8 Å². The molecule has 7 heteroatoms. The lowest BCUT2D eigenvalue weighted by molar-refractivity contribution is -0.120. The maximum Gasteiger partial charge on any atom is 0.221 e. The van der Waals surface area contributed by atoms with Crippen molar-refractivity contribution in [3.05, 3.63) is 35.4 Å². The van der Waals surface area contributed by atoms with E-state index in [0.29, 0.717) is 5.56 Å². The molecule has 0 aliphatic heterocycles. The van der Waals surface area contributed by atoms with Gasteiger partial charge in [0.15, 0.2) is 0 Å². The molecule has 4 nitrogen and oxygen atoms in total. The average Bonchev–Trinajstić information content (AvgIpc) is 2.32. The minimum atomic E-state index is -3.18. The number of hydrogen-bond acceptors (Lipinski definition) is 3. The van der Waals surface area contributed by atoms with E-state index in [0.717, 1.165) is 18.4 Å². The zero-order valence-corrected chi connectivity index (χ0v) is 12.1. The van der Waals surface area contributed by atoms with Gasteiger partial charge in [0.2, 0.25) is 5.91 Å². The fourth-order valence-corrected chi connectivity index (χ4v) is 2.20. The minimum Gasteiger partial charge on any atom is -0.355 e. The smallest absolute Gasteiger partial charge is 0.221 e. The van der Waals surface area contributed by atoms with Crippen LogP contribution in [-0.4, -0.2) is 32.9 Å². The van der Waals surface area contributed by atoms with E-state index in [1.165, 1.54) is 6.07 Å². The second-order valence-electron chi connectivity index (χ2n) is 4.75. The normalized spacial score (nSPS) is 13.0. The minimum absolute atomic E-state index is 0.128. The third kappa shape index (κ3) is 5.64. The zero-order valence-electron chi connectivity index (χ0n) is 11.3. The van der Waals surface area contributed by atoms with Gasteiger partial charge in [0, 0.05) is 31.2 Å². The molecule has 20 heavy (non-hydrogen) atoms. The van der Waals surface area contributed by atoms with Crippen LogP contribution < -0.4 is 5.32 Å². The summed E-state index contributed by atoms with van der Waals surface area (Å²) >= 11 is 0. The van der Waals surface area contributed by atoms with Gasteiger partial charge in [0.1, 0.15) is 21.5 Å². The quantitative estimate of drug-likeness (QED) is 0.868. The second kappa shape index (κ2) is 6.78. The van der Waals surface area contributed by atoms with E-state index in [-0.39, 0.29) is 24.6 Å². The predicted octanol–water partition coefficient (Wildman–Crippen LogP) is 1.62. The molecule has 1 atom stereocenters. The van der Waals surface area contributed by atoms with Gasteiger partial charge >= 0.3 is 0 Å². The van der Waals surface area contributed by atoms with Crippen LogP contribution in [0.4, 0.5) is 8.78 Å². The highest BCUT2D eigenvalue weighted by molar-refractivity contribution is 7.90. The summed E-state index contributed by atoms with van der Waals surface area (Å²) < 4.78 is 48.1. The van der Waals surface area contributed by atoms with E-state index in [1.807, 2.05) is 0 Å². The van der Waals surface area contributed by atoms with Crippen LogP contribution in [0.15, 0.2) is 18.2 Å². The van der Waals surface area contributed by atoms with Crippen LogP contribution in [-0.2, 0) is 14.6 Å². The van der Waals surface area contributed by atoms with Crippen molar-refractivity contribution in [2.24, 2.45) is 0 Å². The highest BCUT2D eigenvalue weighted by Crippen LogP contribution is 2.19. The molecule has 0 fully saturated rings. The van der Waals surface area contributed by atoms with Crippen LogP contribution in [0.5, 0.6) is 0 Å². The zero-order chi connectivity index (χ0) is 15.3. The molecule has 1 aromatic carbocycles. The number of hydrogen-bond donors (Lipinski definition) is 1. The molecule has 1 rings (SSSR count). The third-order valence-electron chi connectivity index (χ3n) is 2.80. The standard InChI is InChI=1S/C13H17F2NO3S/c1-9(11-4-3-10(14)7-12(11)15)8-16-13(17)5-6-20(2,18)19/h3-4,7,9H,5-6,8H2,1-2H3,(H,16,17)/t9-/m1/s1. The average molecular weight is 305 g/mol. The van der Waals surface area contributed by atoms with Gasteiger partial charge in [-0.25, -0.2) is 17.2 Å².